The van der Waals surface area contributed by atoms with Crippen molar-refractivity contribution in [1.82, 2.24) is 10.2 Å². The molecule has 120 valence electrons. The molecule has 0 spiro atoms. The number of amides is 2. The predicted molar refractivity (Wildman–Crippen MR) is 83.8 cm³/mol. The highest BCUT2D eigenvalue weighted by Gasteiger charge is 2.40. The first-order chi connectivity index (χ1) is 10.1. The number of nitrogens with one attached hydrogen (secondary N) is 1. The van der Waals surface area contributed by atoms with Crippen LogP contribution in [0.3, 0.4) is 0 Å². The smallest absolute Gasteiger partial charge is 0.246 e. The van der Waals surface area contributed by atoms with Crippen molar-refractivity contribution in [3.63, 3.8) is 0 Å². The van der Waals surface area contributed by atoms with Crippen molar-refractivity contribution >= 4 is 11.8 Å². The second kappa shape index (κ2) is 7.28. The Morgan fingerprint density at radius 1 is 1.14 bits per heavy atom. The summed E-state index contributed by atoms with van der Waals surface area (Å²) in [6.45, 7) is 6.67. The lowest BCUT2D eigenvalue weighted by atomic mass is 9.82. The number of rotatable bonds is 5. The summed E-state index contributed by atoms with van der Waals surface area (Å²) in [6, 6.07) is -0.118. The van der Waals surface area contributed by atoms with E-state index in [4.69, 9.17) is 0 Å². The molecule has 1 saturated heterocycles. The lowest BCUT2D eigenvalue weighted by Gasteiger charge is -2.42. The zero-order valence-electron chi connectivity index (χ0n) is 13.7. The van der Waals surface area contributed by atoms with Crippen molar-refractivity contribution in [3.05, 3.63) is 0 Å². The minimum atomic E-state index is -0.275. The Morgan fingerprint density at radius 3 is 2.33 bits per heavy atom. The van der Waals surface area contributed by atoms with Crippen LogP contribution in [0, 0.1) is 11.8 Å². The van der Waals surface area contributed by atoms with Gasteiger partial charge in [0.15, 0.2) is 0 Å². The molecule has 4 heteroatoms. The van der Waals surface area contributed by atoms with Crippen LogP contribution in [0.2, 0.25) is 0 Å². The summed E-state index contributed by atoms with van der Waals surface area (Å²) in [6.07, 6.45) is 7.89. The van der Waals surface area contributed by atoms with Gasteiger partial charge in [-0.1, -0.05) is 46.0 Å². The lowest BCUT2D eigenvalue weighted by molar-refractivity contribution is -0.149. The Hall–Kier alpha value is -1.06. The van der Waals surface area contributed by atoms with E-state index in [-0.39, 0.29) is 30.4 Å². The topological polar surface area (TPSA) is 49.4 Å². The highest BCUT2D eigenvalue weighted by atomic mass is 16.2. The molecule has 1 N–H and O–H groups in total. The molecule has 1 heterocycles. The molecule has 1 saturated carbocycles. The van der Waals surface area contributed by atoms with E-state index in [2.05, 4.69) is 26.1 Å². The van der Waals surface area contributed by atoms with Crippen LogP contribution in [0.5, 0.6) is 0 Å². The first kappa shape index (κ1) is 16.3. The van der Waals surface area contributed by atoms with E-state index in [0.717, 1.165) is 25.7 Å². The van der Waals surface area contributed by atoms with E-state index < -0.39 is 0 Å². The van der Waals surface area contributed by atoms with Crippen LogP contribution >= 0.6 is 0 Å². The largest absolute Gasteiger partial charge is 0.342 e. The minimum absolute atomic E-state index is 0.0166. The van der Waals surface area contributed by atoms with Crippen LogP contribution in [-0.4, -0.2) is 35.3 Å². The first-order valence-corrected chi connectivity index (χ1v) is 8.68. The van der Waals surface area contributed by atoms with E-state index in [1.54, 1.807) is 0 Å². The van der Waals surface area contributed by atoms with Gasteiger partial charge in [0, 0.05) is 6.04 Å². The van der Waals surface area contributed by atoms with Crippen molar-refractivity contribution in [2.75, 3.05) is 6.54 Å². The molecule has 4 nitrogen and oxygen atoms in total. The van der Waals surface area contributed by atoms with E-state index in [9.17, 15) is 9.59 Å². The summed E-state index contributed by atoms with van der Waals surface area (Å²) >= 11 is 0. The fourth-order valence-corrected chi connectivity index (χ4v) is 4.05. The number of carbonyl (C=O) groups is 2. The maximum atomic E-state index is 12.9. The Labute approximate surface area is 128 Å². The molecule has 0 aromatic rings. The highest BCUT2D eigenvalue weighted by Crippen LogP contribution is 2.30. The summed E-state index contributed by atoms with van der Waals surface area (Å²) in [5.41, 5.74) is 0. The highest BCUT2D eigenvalue weighted by molar-refractivity contribution is 5.95. The van der Waals surface area contributed by atoms with E-state index in [1.807, 2.05) is 4.90 Å². The van der Waals surface area contributed by atoms with Crippen LogP contribution in [0.15, 0.2) is 0 Å². The molecule has 2 rings (SSSR count). The average Bonchev–Trinajstić information content (AvgIpc) is 2.51. The van der Waals surface area contributed by atoms with Crippen molar-refractivity contribution in [2.24, 2.45) is 11.8 Å². The molecular weight excluding hydrogens is 264 g/mol. The molecule has 2 unspecified atom stereocenters. The monoisotopic (exact) mass is 294 g/mol. The number of piperazine rings is 1. The van der Waals surface area contributed by atoms with Crippen LogP contribution in [-0.2, 0) is 9.59 Å². The first-order valence-electron chi connectivity index (χ1n) is 8.68. The predicted octanol–water partition coefficient (Wildman–Crippen LogP) is 2.72. The van der Waals surface area contributed by atoms with Crippen molar-refractivity contribution in [3.8, 4) is 0 Å². The maximum Gasteiger partial charge on any atom is 0.246 e. The summed E-state index contributed by atoms with van der Waals surface area (Å²) in [5.74, 6) is 0.989. The second-order valence-corrected chi connectivity index (χ2v) is 6.73. The van der Waals surface area contributed by atoms with Crippen LogP contribution in [0.25, 0.3) is 0 Å². The van der Waals surface area contributed by atoms with Gasteiger partial charge in [0.25, 0.3) is 0 Å². The molecule has 2 fully saturated rings. The summed E-state index contributed by atoms with van der Waals surface area (Å²) in [4.78, 5) is 26.8. The van der Waals surface area contributed by atoms with E-state index >= 15 is 0 Å². The van der Waals surface area contributed by atoms with Crippen molar-refractivity contribution in [2.45, 2.75) is 77.8 Å². The Kier molecular flexibility index (Phi) is 5.65. The third kappa shape index (κ3) is 3.58. The normalized spacial score (nSPS) is 26.1. The molecule has 21 heavy (non-hydrogen) atoms. The zero-order valence-corrected chi connectivity index (χ0v) is 13.7. The van der Waals surface area contributed by atoms with E-state index in [1.165, 1.54) is 19.3 Å². The fraction of sp³-hybridized carbons (Fsp3) is 0.882. The van der Waals surface area contributed by atoms with Crippen molar-refractivity contribution < 1.29 is 9.59 Å². The molecule has 0 radical (unpaired) electrons. The quantitative estimate of drug-likeness (QED) is 0.847. The van der Waals surface area contributed by atoms with Gasteiger partial charge in [-0.3, -0.25) is 9.59 Å². The summed E-state index contributed by atoms with van der Waals surface area (Å²) in [5, 5.41) is 2.97. The van der Waals surface area contributed by atoms with Crippen LogP contribution in [0.1, 0.15) is 65.7 Å². The number of hydrogen-bond donors (Lipinski definition) is 1. The third-order valence-corrected chi connectivity index (χ3v) is 5.52. The summed E-state index contributed by atoms with van der Waals surface area (Å²) < 4.78 is 0. The van der Waals surface area contributed by atoms with Gasteiger partial charge in [-0.05, 0) is 31.6 Å². The fourth-order valence-electron chi connectivity index (χ4n) is 4.05. The van der Waals surface area contributed by atoms with Gasteiger partial charge in [-0.25, -0.2) is 0 Å². The SMILES string of the molecule is CCC(CC)C(C)N1CC(=O)NC(C2CCCCC2)C1=O. The molecule has 2 amide bonds. The molecule has 2 aliphatic rings. The van der Waals surface area contributed by atoms with E-state index in [0.29, 0.717) is 11.8 Å². The van der Waals surface area contributed by atoms with Crippen molar-refractivity contribution in [1.29, 1.82) is 0 Å². The van der Waals surface area contributed by atoms with Crippen LogP contribution < -0.4 is 5.32 Å². The van der Waals surface area contributed by atoms with Gasteiger partial charge in [-0.2, -0.15) is 0 Å². The lowest BCUT2D eigenvalue weighted by Crippen LogP contribution is -2.63. The number of hydrogen-bond acceptors (Lipinski definition) is 2. The molecule has 0 aromatic carbocycles. The minimum Gasteiger partial charge on any atom is -0.342 e. The Morgan fingerprint density at radius 2 is 1.76 bits per heavy atom. The maximum absolute atomic E-state index is 12.9. The molecule has 0 bridgehead atoms. The van der Waals surface area contributed by atoms with Gasteiger partial charge < -0.3 is 10.2 Å². The molecular formula is C17H30N2O2. The molecule has 2 atom stereocenters. The third-order valence-electron chi connectivity index (χ3n) is 5.52. The van der Waals surface area contributed by atoms with Gasteiger partial charge in [-0.15, -0.1) is 0 Å². The molecule has 0 aromatic heterocycles. The van der Waals surface area contributed by atoms with Crippen LogP contribution in [0.4, 0.5) is 0 Å². The molecule has 1 aliphatic heterocycles. The van der Waals surface area contributed by atoms with Gasteiger partial charge in [0.05, 0.1) is 6.54 Å². The number of carbonyl (C=O) groups excluding carboxylic acids is 2. The summed E-state index contributed by atoms with van der Waals surface area (Å²) in [7, 11) is 0. The zero-order chi connectivity index (χ0) is 15.4. The number of nitrogens with zero attached hydrogens (tertiary/aromatic N) is 1. The van der Waals surface area contributed by atoms with Gasteiger partial charge >= 0.3 is 0 Å². The second-order valence-electron chi connectivity index (χ2n) is 6.73. The molecule has 1 aliphatic carbocycles. The average molecular weight is 294 g/mol. The van der Waals surface area contributed by atoms with Gasteiger partial charge in [0.2, 0.25) is 11.8 Å². The van der Waals surface area contributed by atoms with Gasteiger partial charge in [0.1, 0.15) is 6.04 Å². The Bertz CT molecular complexity index is 373. The standard InChI is InChI=1S/C17H30N2O2/c1-4-13(5-2)12(3)19-11-15(20)18-16(17(19)21)14-9-7-6-8-10-14/h12-14,16H,4-11H2,1-3H3,(H,18,20). The Balaban J connectivity index is 2.11.